The number of hydrogen-bond donors (Lipinski definition) is 1. The van der Waals surface area contributed by atoms with Crippen LogP contribution in [-0.2, 0) is 21.4 Å². The van der Waals surface area contributed by atoms with Crippen LogP contribution in [0.2, 0.25) is 0 Å². The molecule has 158 valence electrons. The van der Waals surface area contributed by atoms with E-state index in [0.29, 0.717) is 17.0 Å². The second kappa shape index (κ2) is 8.11. The van der Waals surface area contributed by atoms with Crippen LogP contribution in [0.4, 0.5) is 5.69 Å². The number of carbonyl (C=O) groups excluding carboxylic acids is 1. The van der Waals surface area contributed by atoms with Crippen LogP contribution in [0, 0.1) is 13.8 Å². The van der Waals surface area contributed by atoms with Crippen molar-refractivity contribution in [3.63, 3.8) is 0 Å². The molecule has 31 heavy (non-hydrogen) atoms. The standard InChI is InChI=1S/C20H18N6O4S/c1-13-6-5-8-16(18(27)30-12-15-7-3-4-10-21-15)17(13)25-31(28,29)20-23-19-22-14(2)9-11-26(19)24-20/h3-11,25H,12H2,1-2H3. The molecular formula is C20H18N6O4S. The fourth-order valence-corrected chi connectivity index (χ4v) is 3.84. The molecule has 0 spiro atoms. The molecule has 11 heteroatoms. The summed E-state index contributed by atoms with van der Waals surface area (Å²) >= 11 is 0. The third-order valence-corrected chi connectivity index (χ3v) is 5.50. The topological polar surface area (TPSA) is 128 Å². The minimum Gasteiger partial charge on any atom is -0.456 e. The van der Waals surface area contributed by atoms with E-state index < -0.39 is 21.1 Å². The van der Waals surface area contributed by atoms with E-state index in [9.17, 15) is 13.2 Å². The Bertz CT molecular complexity index is 1370. The molecule has 0 bridgehead atoms. The molecule has 0 aliphatic carbocycles. The van der Waals surface area contributed by atoms with Crippen molar-refractivity contribution in [1.82, 2.24) is 24.6 Å². The lowest BCUT2D eigenvalue weighted by molar-refractivity contribution is 0.0469. The van der Waals surface area contributed by atoms with E-state index in [1.165, 1.54) is 10.6 Å². The largest absolute Gasteiger partial charge is 0.456 e. The maximum absolute atomic E-state index is 12.9. The summed E-state index contributed by atoms with van der Waals surface area (Å²) in [7, 11) is -4.19. The summed E-state index contributed by atoms with van der Waals surface area (Å²) < 4.78 is 34.8. The summed E-state index contributed by atoms with van der Waals surface area (Å²) in [5.74, 6) is -0.535. The summed E-state index contributed by atoms with van der Waals surface area (Å²) in [4.78, 5) is 24.9. The number of rotatable bonds is 6. The van der Waals surface area contributed by atoms with Gasteiger partial charge in [0, 0.05) is 18.1 Å². The van der Waals surface area contributed by atoms with Crippen LogP contribution >= 0.6 is 0 Å². The zero-order chi connectivity index (χ0) is 22.0. The van der Waals surface area contributed by atoms with Crippen LogP contribution < -0.4 is 4.72 Å². The molecule has 3 aromatic heterocycles. The molecule has 0 aliphatic heterocycles. The van der Waals surface area contributed by atoms with Crippen molar-refractivity contribution in [3.05, 3.63) is 77.4 Å². The monoisotopic (exact) mass is 438 g/mol. The smallest absolute Gasteiger partial charge is 0.340 e. The maximum atomic E-state index is 12.9. The van der Waals surface area contributed by atoms with Crippen LogP contribution in [0.1, 0.15) is 27.3 Å². The highest BCUT2D eigenvalue weighted by atomic mass is 32.2. The molecule has 0 radical (unpaired) electrons. The number of nitrogens with zero attached hydrogens (tertiary/aromatic N) is 5. The fourth-order valence-electron chi connectivity index (χ4n) is 2.81. The first-order valence-electron chi connectivity index (χ1n) is 9.23. The molecule has 0 atom stereocenters. The Hall–Kier alpha value is -3.86. The number of para-hydroxylation sites is 1. The number of pyridine rings is 1. The lowest BCUT2D eigenvalue weighted by Crippen LogP contribution is -2.19. The predicted octanol–water partition coefficient (Wildman–Crippen LogP) is 2.29. The van der Waals surface area contributed by atoms with Crippen molar-refractivity contribution in [2.75, 3.05) is 4.72 Å². The molecule has 0 saturated carbocycles. The Morgan fingerprint density at radius 3 is 2.71 bits per heavy atom. The number of sulfonamides is 1. The SMILES string of the molecule is Cc1ccn2nc(S(=O)(=O)Nc3c(C)cccc3C(=O)OCc3ccccn3)nc2n1. The molecule has 4 aromatic rings. The first-order chi connectivity index (χ1) is 14.8. The molecule has 0 fully saturated rings. The van der Waals surface area contributed by atoms with Crippen molar-refractivity contribution in [2.45, 2.75) is 25.6 Å². The molecule has 4 rings (SSSR count). The average Bonchev–Trinajstić information content (AvgIpc) is 3.18. The van der Waals surface area contributed by atoms with E-state index in [-0.39, 0.29) is 23.6 Å². The van der Waals surface area contributed by atoms with Gasteiger partial charge in [-0.1, -0.05) is 18.2 Å². The van der Waals surface area contributed by atoms with Crippen LogP contribution in [0.3, 0.4) is 0 Å². The summed E-state index contributed by atoms with van der Waals surface area (Å²) in [5, 5.41) is 3.51. The van der Waals surface area contributed by atoms with E-state index >= 15 is 0 Å². The van der Waals surface area contributed by atoms with Crippen LogP contribution in [0.5, 0.6) is 0 Å². The number of ether oxygens (including phenoxy) is 1. The zero-order valence-corrected chi connectivity index (χ0v) is 17.5. The maximum Gasteiger partial charge on any atom is 0.340 e. The van der Waals surface area contributed by atoms with Crippen molar-refractivity contribution < 1.29 is 17.9 Å². The number of aryl methyl sites for hydroxylation is 2. The number of nitrogens with one attached hydrogen (secondary N) is 1. The van der Waals surface area contributed by atoms with Gasteiger partial charge in [0.05, 0.1) is 16.9 Å². The summed E-state index contributed by atoms with van der Waals surface area (Å²) in [6.07, 6.45) is 3.16. The van der Waals surface area contributed by atoms with Gasteiger partial charge in [0.1, 0.15) is 6.61 Å². The van der Waals surface area contributed by atoms with Crippen molar-refractivity contribution in [2.24, 2.45) is 0 Å². The van der Waals surface area contributed by atoms with E-state index in [1.807, 2.05) is 0 Å². The highest BCUT2D eigenvalue weighted by Crippen LogP contribution is 2.24. The quantitative estimate of drug-likeness (QED) is 0.454. The van der Waals surface area contributed by atoms with E-state index in [2.05, 4.69) is 24.8 Å². The van der Waals surface area contributed by atoms with Gasteiger partial charge in [0.2, 0.25) is 0 Å². The summed E-state index contributed by atoms with van der Waals surface area (Å²) in [6.45, 7) is 3.39. The normalized spacial score (nSPS) is 11.4. The van der Waals surface area contributed by atoms with Crippen molar-refractivity contribution >= 4 is 27.5 Å². The molecule has 1 aromatic carbocycles. The number of anilines is 1. The fraction of sp³-hybridized carbons (Fsp3) is 0.150. The molecule has 0 aliphatic rings. The summed E-state index contributed by atoms with van der Waals surface area (Å²) in [6, 6.07) is 11.7. The van der Waals surface area contributed by atoms with Crippen LogP contribution in [0.25, 0.3) is 5.78 Å². The van der Waals surface area contributed by atoms with Gasteiger partial charge in [-0.15, -0.1) is 5.10 Å². The van der Waals surface area contributed by atoms with Gasteiger partial charge in [-0.3, -0.25) is 9.71 Å². The van der Waals surface area contributed by atoms with Gasteiger partial charge in [-0.25, -0.2) is 14.3 Å². The van der Waals surface area contributed by atoms with Crippen LogP contribution in [0.15, 0.2) is 60.0 Å². The Balaban J connectivity index is 1.62. The highest BCUT2D eigenvalue weighted by Gasteiger charge is 2.25. The van der Waals surface area contributed by atoms with Gasteiger partial charge >= 0.3 is 5.97 Å². The van der Waals surface area contributed by atoms with E-state index in [0.717, 1.165) is 0 Å². The lowest BCUT2D eigenvalue weighted by Gasteiger charge is -2.13. The number of aromatic nitrogens is 5. The van der Waals surface area contributed by atoms with Gasteiger partial charge in [0.25, 0.3) is 21.0 Å². The second-order valence-electron chi connectivity index (χ2n) is 6.71. The first-order valence-corrected chi connectivity index (χ1v) is 10.7. The van der Waals surface area contributed by atoms with E-state index in [4.69, 9.17) is 4.74 Å². The third kappa shape index (κ3) is 4.36. The molecule has 0 amide bonds. The van der Waals surface area contributed by atoms with Gasteiger partial charge in [-0.2, -0.15) is 13.4 Å². The number of hydrogen-bond acceptors (Lipinski definition) is 8. The number of esters is 1. The Morgan fingerprint density at radius 1 is 1.10 bits per heavy atom. The number of fused-ring (bicyclic) bond motifs is 1. The Morgan fingerprint density at radius 2 is 1.94 bits per heavy atom. The lowest BCUT2D eigenvalue weighted by atomic mass is 10.1. The third-order valence-electron chi connectivity index (χ3n) is 4.37. The molecule has 10 nitrogen and oxygen atoms in total. The van der Waals surface area contributed by atoms with Crippen LogP contribution in [-0.4, -0.2) is 39.0 Å². The Labute approximate surface area is 178 Å². The highest BCUT2D eigenvalue weighted by molar-refractivity contribution is 7.92. The average molecular weight is 438 g/mol. The molecule has 3 heterocycles. The number of carbonyl (C=O) groups is 1. The van der Waals surface area contributed by atoms with Gasteiger partial charge < -0.3 is 4.74 Å². The first kappa shape index (κ1) is 20.4. The second-order valence-corrected chi connectivity index (χ2v) is 8.28. The predicted molar refractivity (Wildman–Crippen MR) is 111 cm³/mol. The van der Waals surface area contributed by atoms with Crippen molar-refractivity contribution in [1.29, 1.82) is 0 Å². The zero-order valence-electron chi connectivity index (χ0n) is 16.7. The van der Waals surface area contributed by atoms with Gasteiger partial charge in [0.15, 0.2) is 0 Å². The minimum absolute atomic E-state index is 0.0428. The summed E-state index contributed by atoms with van der Waals surface area (Å²) in [5.41, 5.74) is 1.94. The van der Waals surface area contributed by atoms with E-state index in [1.54, 1.807) is 62.6 Å². The van der Waals surface area contributed by atoms with Crippen molar-refractivity contribution in [3.8, 4) is 0 Å². The molecule has 0 saturated heterocycles. The van der Waals surface area contributed by atoms with Gasteiger partial charge in [-0.05, 0) is 43.7 Å². The minimum atomic E-state index is -4.19. The molecule has 1 N–H and O–H groups in total. The molecule has 0 unspecified atom stereocenters. The molecular weight excluding hydrogens is 420 g/mol. The number of benzene rings is 1. The Kier molecular flexibility index (Phi) is 5.34.